The second-order valence-electron chi connectivity index (χ2n) is 5.37. The molecule has 23 heavy (non-hydrogen) atoms. The van der Waals surface area contributed by atoms with Gasteiger partial charge in [-0.15, -0.1) is 0 Å². The van der Waals surface area contributed by atoms with Crippen molar-refractivity contribution in [2.24, 2.45) is 11.8 Å². The van der Waals surface area contributed by atoms with Crippen LogP contribution in [0, 0.1) is 11.8 Å². The van der Waals surface area contributed by atoms with Crippen molar-refractivity contribution in [3.8, 4) is 0 Å². The average Bonchev–Trinajstić information content (AvgIpc) is 2.92. The van der Waals surface area contributed by atoms with Crippen LogP contribution in [0.25, 0.3) is 0 Å². The highest BCUT2D eigenvalue weighted by Gasteiger charge is 2.68. The number of carbonyl (C=O) groups is 3. The number of ether oxygens (including phenoxy) is 4. The number of benzene rings is 1. The van der Waals surface area contributed by atoms with Crippen LogP contribution in [0.15, 0.2) is 24.3 Å². The molecule has 122 valence electrons. The van der Waals surface area contributed by atoms with Gasteiger partial charge in [0, 0.05) is 18.2 Å². The van der Waals surface area contributed by atoms with Crippen LogP contribution in [-0.2, 0) is 34.3 Å². The lowest BCUT2D eigenvalue weighted by Gasteiger charge is -2.35. The number of hydrogen-bond acceptors (Lipinski definition) is 7. The van der Waals surface area contributed by atoms with Gasteiger partial charge in [-0.05, 0) is 0 Å². The molecular formula is C16H16O7. The first kappa shape index (κ1) is 15.6. The van der Waals surface area contributed by atoms with E-state index in [-0.39, 0.29) is 5.78 Å². The number of hydrogen-bond donors (Lipinski definition) is 0. The van der Waals surface area contributed by atoms with Gasteiger partial charge in [0.25, 0.3) is 0 Å². The van der Waals surface area contributed by atoms with E-state index in [2.05, 4.69) is 0 Å². The lowest BCUT2D eigenvalue weighted by atomic mass is 9.84. The van der Waals surface area contributed by atoms with E-state index >= 15 is 0 Å². The van der Waals surface area contributed by atoms with E-state index in [9.17, 15) is 14.4 Å². The first-order valence-corrected chi connectivity index (χ1v) is 7.04. The Morgan fingerprint density at radius 2 is 1.74 bits per heavy atom. The van der Waals surface area contributed by atoms with Crippen LogP contribution >= 0.6 is 0 Å². The highest BCUT2D eigenvalue weighted by Crippen LogP contribution is 2.53. The molecule has 3 rings (SSSR count). The van der Waals surface area contributed by atoms with Crippen molar-refractivity contribution in [2.45, 2.75) is 11.9 Å². The zero-order chi connectivity index (χ0) is 16.8. The molecule has 0 radical (unpaired) electrons. The number of methoxy groups -OCH3 is 3. The van der Waals surface area contributed by atoms with Crippen molar-refractivity contribution >= 4 is 17.7 Å². The monoisotopic (exact) mass is 320 g/mol. The third kappa shape index (κ3) is 1.93. The maximum atomic E-state index is 12.7. The Bertz CT molecular complexity index is 683. The fraction of sp³-hybridized carbons (Fsp3) is 0.438. The first-order chi connectivity index (χ1) is 11.0. The molecule has 7 nitrogen and oxygen atoms in total. The number of carbonyl (C=O) groups excluding carboxylic acids is 3. The third-order valence-corrected chi connectivity index (χ3v) is 4.45. The van der Waals surface area contributed by atoms with Crippen LogP contribution < -0.4 is 0 Å². The predicted molar refractivity (Wildman–Crippen MR) is 75.3 cm³/mol. The van der Waals surface area contributed by atoms with Crippen LogP contribution in [0.3, 0.4) is 0 Å². The molecule has 0 aliphatic carbocycles. The lowest BCUT2D eigenvalue weighted by Crippen LogP contribution is -2.44. The Hall–Kier alpha value is -2.25. The van der Waals surface area contributed by atoms with E-state index in [1.165, 1.54) is 21.3 Å². The third-order valence-electron chi connectivity index (χ3n) is 4.45. The number of esters is 2. The topological polar surface area (TPSA) is 88.1 Å². The molecule has 2 aliphatic rings. The van der Waals surface area contributed by atoms with Crippen LogP contribution in [-0.4, -0.2) is 45.2 Å². The zero-order valence-electron chi connectivity index (χ0n) is 12.9. The van der Waals surface area contributed by atoms with Gasteiger partial charge < -0.3 is 18.9 Å². The molecule has 0 N–H and O–H groups in total. The van der Waals surface area contributed by atoms with Gasteiger partial charge in [-0.3, -0.25) is 14.4 Å². The van der Waals surface area contributed by atoms with Gasteiger partial charge in [-0.2, -0.15) is 0 Å². The number of rotatable bonds is 3. The maximum absolute atomic E-state index is 12.7. The van der Waals surface area contributed by atoms with Crippen molar-refractivity contribution in [2.75, 3.05) is 21.3 Å². The minimum Gasteiger partial charge on any atom is -0.469 e. The summed E-state index contributed by atoms with van der Waals surface area (Å²) in [5.41, 5.74) is 0.774. The molecule has 1 aromatic rings. The predicted octanol–water partition coefficient (Wildman–Crippen LogP) is 0.659. The summed E-state index contributed by atoms with van der Waals surface area (Å²) < 4.78 is 20.9. The summed E-state index contributed by atoms with van der Waals surface area (Å²) in [6, 6.07) is 6.67. The van der Waals surface area contributed by atoms with E-state index in [1.807, 2.05) is 0 Å². The summed E-state index contributed by atoms with van der Waals surface area (Å²) in [6.45, 7) is 0. The quantitative estimate of drug-likeness (QED) is 0.756. The van der Waals surface area contributed by atoms with Gasteiger partial charge in [0.15, 0.2) is 5.78 Å². The van der Waals surface area contributed by atoms with Crippen molar-refractivity contribution in [3.63, 3.8) is 0 Å². The summed E-state index contributed by atoms with van der Waals surface area (Å²) in [6.07, 6.45) is -1.15. The summed E-state index contributed by atoms with van der Waals surface area (Å²) in [5.74, 6) is -5.62. The second-order valence-corrected chi connectivity index (χ2v) is 5.37. The summed E-state index contributed by atoms with van der Waals surface area (Å²) in [4.78, 5) is 37.3. The van der Waals surface area contributed by atoms with Crippen molar-refractivity contribution in [1.82, 2.24) is 0 Å². The largest absolute Gasteiger partial charge is 0.469 e. The molecule has 0 amide bonds. The second kappa shape index (κ2) is 5.43. The minimum absolute atomic E-state index is 0.367. The molecule has 4 atom stereocenters. The Kier molecular flexibility index (Phi) is 3.69. The Balaban J connectivity index is 2.26. The molecule has 0 saturated carbocycles. The number of ketones is 1. The molecule has 0 aromatic heterocycles. The molecule has 1 aromatic carbocycles. The van der Waals surface area contributed by atoms with Gasteiger partial charge in [0.2, 0.25) is 5.79 Å². The van der Waals surface area contributed by atoms with E-state index in [1.54, 1.807) is 24.3 Å². The first-order valence-electron chi connectivity index (χ1n) is 7.04. The summed E-state index contributed by atoms with van der Waals surface area (Å²) in [5, 5.41) is 0. The fourth-order valence-corrected chi connectivity index (χ4v) is 3.46. The highest BCUT2D eigenvalue weighted by atomic mass is 16.7. The standard InChI is InChI=1S/C16H16O7/c1-20-14(18)10-11(15(19)21-2)16(22-3)9-7-5-4-6-8(9)12(17)13(10)23-16/h4-7,10-11,13H,1-3H3/t10-,11+,13+,16+/m1/s1. The number of fused-ring (bicyclic) bond motifs is 4. The van der Waals surface area contributed by atoms with Crippen LogP contribution in [0.4, 0.5) is 0 Å². The van der Waals surface area contributed by atoms with Gasteiger partial charge in [-0.25, -0.2) is 0 Å². The van der Waals surface area contributed by atoms with Crippen molar-refractivity contribution in [1.29, 1.82) is 0 Å². The Morgan fingerprint density at radius 3 is 2.35 bits per heavy atom. The average molecular weight is 320 g/mol. The van der Waals surface area contributed by atoms with Crippen LogP contribution in [0.2, 0.25) is 0 Å². The lowest BCUT2D eigenvalue weighted by molar-refractivity contribution is -0.240. The molecule has 2 aliphatic heterocycles. The van der Waals surface area contributed by atoms with Crippen molar-refractivity contribution < 1.29 is 33.3 Å². The summed E-state index contributed by atoms with van der Waals surface area (Å²) >= 11 is 0. The van der Waals surface area contributed by atoms with E-state index in [0.29, 0.717) is 11.1 Å². The fourth-order valence-electron chi connectivity index (χ4n) is 3.46. The zero-order valence-corrected chi connectivity index (χ0v) is 12.9. The number of Topliss-reactive ketones (excluding diaryl/α,β-unsaturated/α-hetero) is 1. The summed E-state index contributed by atoms with van der Waals surface area (Å²) in [7, 11) is 3.76. The van der Waals surface area contributed by atoms with Gasteiger partial charge in [-0.1, -0.05) is 24.3 Å². The molecule has 2 bridgehead atoms. The van der Waals surface area contributed by atoms with E-state index in [4.69, 9.17) is 18.9 Å². The molecule has 0 spiro atoms. The van der Waals surface area contributed by atoms with Crippen LogP contribution in [0.1, 0.15) is 15.9 Å². The molecule has 2 heterocycles. The minimum atomic E-state index is -1.55. The van der Waals surface area contributed by atoms with Gasteiger partial charge in [0.05, 0.1) is 14.2 Å². The molecule has 7 heteroatoms. The molecule has 1 saturated heterocycles. The molecule has 1 fully saturated rings. The normalized spacial score (nSPS) is 31.4. The van der Waals surface area contributed by atoms with Crippen molar-refractivity contribution in [3.05, 3.63) is 35.4 Å². The highest BCUT2D eigenvalue weighted by molar-refractivity contribution is 6.06. The Labute approximate surface area is 132 Å². The SMILES string of the molecule is COC(=O)[C@H]1[C@@H]2O[C@@](OC)(c3ccccc3C2=O)[C@@H]1C(=O)OC. The van der Waals surface area contributed by atoms with E-state index in [0.717, 1.165) is 0 Å². The maximum Gasteiger partial charge on any atom is 0.315 e. The smallest absolute Gasteiger partial charge is 0.315 e. The van der Waals surface area contributed by atoms with Gasteiger partial charge in [0.1, 0.15) is 17.9 Å². The Morgan fingerprint density at radius 1 is 1.09 bits per heavy atom. The van der Waals surface area contributed by atoms with Crippen LogP contribution in [0.5, 0.6) is 0 Å². The van der Waals surface area contributed by atoms with Gasteiger partial charge >= 0.3 is 11.9 Å². The molecular weight excluding hydrogens is 304 g/mol. The van der Waals surface area contributed by atoms with E-state index < -0.39 is 35.7 Å². The molecule has 0 unspecified atom stereocenters.